The molecule has 0 fully saturated rings. The van der Waals surface area contributed by atoms with E-state index in [9.17, 15) is 13.2 Å². The van der Waals surface area contributed by atoms with Crippen molar-refractivity contribution in [1.82, 2.24) is 4.90 Å². The van der Waals surface area contributed by atoms with Gasteiger partial charge in [0, 0.05) is 19.5 Å². The molecule has 0 spiro atoms. The fraction of sp³-hybridized carbons (Fsp3) is 0.467. The summed E-state index contributed by atoms with van der Waals surface area (Å²) < 4.78 is 39.3. The molecule has 2 rings (SSSR count). The summed E-state index contributed by atoms with van der Waals surface area (Å²) in [7, 11) is 0. The van der Waals surface area contributed by atoms with Gasteiger partial charge >= 0.3 is 68.9 Å². The first-order valence-electron chi connectivity index (χ1n) is 6.52. The van der Waals surface area contributed by atoms with Gasteiger partial charge in [-0.2, -0.15) is 0 Å². The first-order valence-corrected chi connectivity index (χ1v) is 6.52. The third kappa shape index (κ3) is 6.84. The van der Waals surface area contributed by atoms with Gasteiger partial charge in [0.2, 0.25) is 0 Å². The molecule has 0 amide bonds. The van der Waals surface area contributed by atoms with Crippen molar-refractivity contribution >= 4 is 11.6 Å². The largest absolute Gasteiger partial charge is 1.00 e. The first-order chi connectivity index (χ1) is 9.26. The van der Waals surface area contributed by atoms with E-state index in [0.717, 1.165) is 6.92 Å². The van der Waals surface area contributed by atoms with E-state index in [0.29, 0.717) is 16.8 Å². The van der Waals surface area contributed by atoms with Crippen LogP contribution >= 0.6 is 0 Å². The van der Waals surface area contributed by atoms with E-state index < -0.39 is 12.5 Å². The van der Waals surface area contributed by atoms with Crippen molar-refractivity contribution in [2.24, 2.45) is 10.7 Å². The number of halogens is 3. The fourth-order valence-corrected chi connectivity index (χ4v) is 1.91. The Kier molecular flexibility index (Phi) is 11.5. The van der Waals surface area contributed by atoms with Crippen molar-refractivity contribution in [3.05, 3.63) is 36.5 Å². The van der Waals surface area contributed by atoms with Crippen molar-refractivity contribution in [2.75, 3.05) is 6.54 Å². The van der Waals surface area contributed by atoms with Gasteiger partial charge in [0.05, 0.1) is 12.2 Å². The summed E-state index contributed by atoms with van der Waals surface area (Å²) in [5.41, 5.74) is 7.18. The third-order valence-corrected chi connectivity index (χ3v) is 2.75. The van der Waals surface area contributed by atoms with E-state index in [4.69, 9.17) is 5.73 Å². The predicted octanol–water partition coefficient (Wildman–Crippen LogP) is 1.03. The zero-order valence-corrected chi connectivity index (χ0v) is 20.5. The Hall–Kier alpha value is 0.332. The van der Waals surface area contributed by atoms with Crippen LogP contribution in [-0.2, 0) is 6.54 Å². The number of fused-ring (bicyclic) bond motifs is 1. The van der Waals surface area contributed by atoms with Crippen molar-refractivity contribution < 1.29 is 82.1 Å². The molecule has 0 aromatic heterocycles. The number of aryl methyl sites for hydroxylation is 1. The Morgan fingerprint density at radius 2 is 1.86 bits per heavy atom. The van der Waals surface area contributed by atoms with Crippen LogP contribution in [0, 0.1) is 20.2 Å². The minimum atomic E-state index is -2.85. The van der Waals surface area contributed by atoms with Gasteiger partial charge in [-0.3, -0.25) is 0 Å². The quantitative estimate of drug-likeness (QED) is 0.706. The number of rotatable bonds is 2. The van der Waals surface area contributed by atoms with Crippen LogP contribution in [0.25, 0.3) is 0 Å². The minimum absolute atomic E-state index is 0. The summed E-state index contributed by atoms with van der Waals surface area (Å²) >= 11 is 0. The standard InChI is InChI=1S/C12H14F3N3.C2H6.CH3.Cs/c1-7-3-8-5-18(6-12(2,14)15)11(16)17-10(8)4-9(7)13;1-2;;/h3-4H,5-6H2,1-2H3,(H2,16,17);1-2H3;1H3;/q;;-1;+1. The topological polar surface area (TPSA) is 41.6 Å². The number of alkyl halides is 2. The summed E-state index contributed by atoms with van der Waals surface area (Å²) in [6, 6.07) is 2.89. The van der Waals surface area contributed by atoms with Gasteiger partial charge in [-0.15, -0.1) is 0 Å². The molecule has 0 unspecified atom stereocenters. The van der Waals surface area contributed by atoms with E-state index in [1.807, 2.05) is 13.8 Å². The molecule has 1 aromatic carbocycles. The molecule has 0 atom stereocenters. The molecule has 1 aliphatic rings. The maximum atomic E-state index is 13.4. The van der Waals surface area contributed by atoms with E-state index >= 15 is 0 Å². The maximum Gasteiger partial charge on any atom is 1.00 e. The Balaban J connectivity index is 0. The number of hydrogen-bond acceptors (Lipinski definition) is 3. The van der Waals surface area contributed by atoms with Crippen LogP contribution in [0.2, 0.25) is 0 Å². The average molecular weight is 435 g/mol. The van der Waals surface area contributed by atoms with Crippen LogP contribution in [0.5, 0.6) is 0 Å². The summed E-state index contributed by atoms with van der Waals surface area (Å²) in [4.78, 5) is 5.25. The van der Waals surface area contributed by atoms with Crippen LogP contribution in [0.15, 0.2) is 17.1 Å². The number of benzene rings is 1. The normalized spacial score (nSPS) is 12.9. The average Bonchev–Trinajstić information content (AvgIpc) is 2.34. The Morgan fingerprint density at radius 3 is 2.36 bits per heavy atom. The second kappa shape index (κ2) is 10.2. The number of hydrogen-bond donors (Lipinski definition) is 1. The minimum Gasteiger partial charge on any atom is -0.369 e. The van der Waals surface area contributed by atoms with Gasteiger partial charge in [-0.25, -0.2) is 18.2 Å². The van der Waals surface area contributed by atoms with E-state index in [-0.39, 0.29) is 94.6 Å². The number of nitrogens with two attached hydrogens (primary N) is 1. The first kappa shape index (κ1) is 24.6. The SMILES string of the molecule is CC.Cc1cc2c(cc1F)N=C(N)N(CC(C)(F)F)C2.[CH3-].[Cs+]. The summed E-state index contributed by atoms with van der Waals surface area (Å²) in [5.74, 6) is -3.24. The molecule has 1 aliphatic heterocycles. The molecule has 0 saturated heterocycles. The second-order valence-electron chi connectivity index (χ2n) is 4.63. The van der Waals surface area contributed by atoms with Crippen LogP contribution in [0.4, 0.5) is 18.9 Å². The van der Waals surface area contributed by atoms with Gasteiger partial charge in [0.25, 0.3) is 5.92 Å². The van der Waals surface area contributed by atoms with Crippen molar-refractivity contribution in [3.63, 3.8) is 0 Å². The third-order valence-electron chi connectivity index (χ3n) is 2.75. The predicted molar refractivity (Wildman–Crippen MR) is 81.2 cm³/mol. The molecule has 22 heavy (non-hydrogen) atoms. The Morgan fingerprint density at radius 1 is 1.32 bits per heavy atom. The fourth-order valence-electron chi connectivity index (χ4n) is 1.91. The monoisotopic (exact) mass is 435 g/mol. The van der Waals surface area contributed by atoms with Crippen molar-refractivity contribution in [1.29, 1.82) is 0 Å². The second-order valence-corrected chi connectivity index (χ2v) is 4.63. The number of aliphatic imine (C=N–C) groups is 1. The Bertz CT molecular complexity index is 513. The van der Waals surface area contributed by atoms with Gasteiger partial charge in [-0.05, 0) is 24.1 Å². The maximum absolute atomic E-state index is 13.4. The van der Waals surface area contributed by atoms with Crippen LogP contribution < -0.4 is 74.6 Å². The molecule has 1 aromatic rings. The van der Waals surface area contributed by atoms with Gasteiger partial charge in [0.15, 0.2) is 5.96 Å². The smallest absolute Gasteiger partial charge is 0.369 e. The van der Waals surface area contributed by atoms with Gasteiger partial charge in [-0.1, -0.05) is 13.8 Å². The van der Waals surface area contributed by atoms with Crippen LogP contribution in [0.3, 0.4) is 0 Å². The van der Waals surface area contributed by atoms with E-state index in [2.05, 4.69) is 4.99 Å². The number of guanidine groups is 1. The van der Waals surface area contributed by atoms with Crippen LogP contribution in [0.1, 0.15) is 31.9 Å². The summed E-state index contributed by atoms with van der Waals surface area (Å²) in [6.07, 6.45) is 0. The molecule has 3 nitrogen and oxygen atoms in total. The summed E-state index contributed by atoms with van der Waals surface area (Å²) in [6.45, 7) is 6.16. The molecule has 0 bridgehead atoms. The molecule has 7 heteroatoms. The molecule has 120 valence electrons. The molecular weight excluding hydrogens is 412 g/mol. The molecule has 0 radical (unpaired) electrons. The van der Waals surface area contributed by atoms with Gasteiger partial charge in [0.1, 0.15) is 5.82 Å². The Labute approximate surface area is 190 Å². The zero-order valence-electron chi connectivity index (χ0n) is 14.2. The van der Waals surface area contributed by atoms with E-state index in [1.54, 1.807) is 13.0 Å². The number of nitrogens with zero attached hydrogens (tertiary/aromatic N) is 2. The molecular formula is C15H23CsF3N3. The van der Waals surface area contributed by atoms with Crippen LogP contribution in [-0.4, -0.2) is 23.3 Å². The molecule has 0 aliphatic carbocycles. The molecule has 1 heterocycles. The molecule has 2 N–H and O–H groups in total. The van der Waals surface area contributed by atoms with E-state index in [1.165, 1.54) is 11.0 Å². The summed E-state index contributed by atoms with van der Waals surface area (Å²) in [5, 5.41) is 0. The molecule has 0 saturated carbocycles. The van der Waals surface area contributed by atoms with Crippen molar-refractivity contribution in [3.8, 4) is 0 Å². The van der Waals surface area contributed by atoms with Crippen molar-refractivity contribution in [2.45, 2.75) is 40.2 Å². The van der Waals surface area contributed by atoms with Gasteiger partial charge < -0.3 is 18.1 Å². The zero-order chi connectivity index (χ0) is 15.5.